The number of likely N-dealkylation sites (tertiary alicyclic amines) is 1. The Morgan fingerprint density at radius 3 is 2.42 bits per heavy atom. The van der Waals surface area contributed by atoms with Crippen LogP contribution in [0.5, 0.6) is 5.75 Å². The second-order valence-corrected chi connectivity index (χ2v) is 7.53. The van der Waals surface area contributed by atoms with Crippen LogP contribution in [0.15, 0.2) is 24.3 Å². The minimum atomic E-state index is 0.0396. The maximum Gasteiger partial charge on any atom is 0.317 e. The van der Waals surface area contributed by atoms with Gasteiger partial charge in [0.05, 0.1) is 19.8 Å². The monoisotopic (exact) mass is 332 g/mol. The molecule has 0 aromatic heterocycles. The molecule has 0 bridgehead atoms. The Morgan fingerprint density at radius 2 is 1.83 bits per heavy atom. The van der Waals surface area contributed by atoms with Gasteiger partial charge in [0, 0.05) is 30.5 Å². The molecule has 2 aliphatic rings. The van der Waals surface area contributed by atoms with Gasteiger partial charge in [0.1, 0.15) is 5.75 Å². The number of hydrogen-bond acceptors (Lipinski definition) is 3. The number of carbonyl (C=O) groups is 1. The molecular formula is C19H28N2O3. The first-order valence-corrected chi connectivity index (χ1v) is 8.78. The zero-order valence-electron chi connectivity index (χ0n) is 14.9. The van der Waals surface area contributed by atoms with Crippen molar-refractivity contribution in [2.24, 2.45) is 10.8 Å². The summed E-state index contributed by atoms with van der Waals surface area (Å²) in [4.78, 5) is 14.4. The number of carbonyl (C=O) groups excluding carboxylic acids is 1. The number of nitrogens with one attached hydrogen (secondary N) is 1. The maximum atomic E-state index is 12.4. The Hall–Kier alpha value is -1.75. The van der Waals surface area contributed by atoms with Crippen molar-refractivity contribution in [3.05, 3.63) is 29.8 Å². The normalized spacial score (nSPS) is 28.7. The molecule has 2 saturated heterocycles. The van der Waals surface area contributed by atoms with Gasteiger partial charge in [0.15, 0.2) is 0 Å². The molecule has 2 aliphatic heterocycles. The van der Waals surface area contributed by atoms with E-state index in [1.807, 2.05) is 24.0 Å². The standard InChI is InChI=1S/C19H28N2O3/c1-4-24-16-7-5-15(6-8-16)9-10-20-17(22)21-11-18(2)13-23-14-19(18,3)12-21/h5-8H,4,9-14H2,1-3H3,(H,20,22)/t18-,19+. The van der Waals surface area contributed by atoms with Crippen LogP contribution in [0.25, 0.3) is 0 Å². The fourth-order valence-electron chi connectivity index (χ4n) is 3.71. The fraction of sp³-hybridized carbons (Fsp3) is 0.632. The van der Waals surface area contributed by atoms with Gasteiger partial charge in [0.25, 0.3) is 0 Å². The van der Waals surface area contributed by atoms with Gasteiger partial charge in [-0.15, -0.1) is 0 Å². The Bertz CT molecular complexity index is 571. The highest BCUT2D eigenvalue weighted by Gasteiger charge is 2.56. The summed E-state index contributed by atoms with van der Waals surface area (Å²) in [6.45, 7) is 10.8. The maximum absolute atomic E-state index is 12.4. The molecular weight excluding hydrogens is 304 g/mol. The summed E-state index contributed by atoms with van der Waals surface area (Å²) in [6, 6.07) is 8.10. The van der Waals surface area contributed by atoms with E-state index in [-0.39, 0.29) is 16.9 Å². The molecule has 132 valence electrons. The summed E-state index contributed by atoms with van der Waals surface area (Å²) in [5, 5.41) is 3.05. The Balaban J connectivity index is 1.46. The number of hydrogen-bond donors (Lipinski definition) is 1. The number of fused-ring (bicyclic) bond motifs is 1. The van der Waals surface area contributed by atoms with Crippen molar-refractivity contribution in [3.63, 3.8) is 0 Å². The van der Waals surface area contributed by atoms with Crippen molar-refractivity contribution in [1.29, 1.82) is 0 Å². The number of urea groups is 1. The lowest BCUT2D eigenvalue weighted by Gasteiger charge is -2.29. The summed E-state index contributed by atoms with van der Waals surface area (Å²) in [5.41, 5.74) is 1.36. The molecule has 5 nitrogen and oxygen atoms in total. The highest BCUT2D eigenvalue weighted by atomic mass is 16.5. The zero-order chi connectivity index (χ0) is 17.2. The molecule has 2 amide bonds. The number of ether oxygens (including phenoxy) is 2. The molecule has 3 rings (SSSR count). The van der Waals surface area contributed by atoms with Crippen LogP contribution in [0.4, 0.5) is 4.79 Å². The molecule has 0 spiro atoms. The first-order valence-electron chi connectivity index (χ1n) is 8.78. The van der Waals surface area contributed by atoms with E-state index in [0.717, 1.165) is 38.5 Å². The van der Waals surface area contributed by atoms with E-state index in [0.29, 0.717) is 13.2 Å². The van der Waals surface area contributed by atoms with E-state index in [2.05, 4.69) is 31.3 Å². The van der Waals surface area contributed by atoms with Gasteiger partial charge in [-0.3, -0.25) is 0 Å². The third-order valence-corrected chi connectivity index (χ3v) is 5.59. The van der Waals surface area contributed by atoms with Crippen LogP contribution in [0, 0.1) is 10.8 Å². The highest BCUT2D eigenvalue weighted by molar-refractivity contribution is 5.74. The van der Waals surface area contributed by atoms with Crippen molar-refractivity contribution < 1.29 is 14.3 Å². The number of rotatable bonds is 5. The lowest BCUT2D eigenvalue weighted by Crippen LogP contribution is -2.41. The van der Waals surface area contributed by atoms with Crippen molar-refractivity contribution in [2.45, 2.75) is 27.2 Å². The molecule has 2 fully saturated rings. The quantitative estimate of drug-likeness (QED) is 0.902. The van der Waals surface area contributed by atoms with Crippen LogP contribution in [0.2, 0.25) is 0 Å². The van der Waals surface area contributed by atoms with E-state index in [9.17, 15) is 4.79 Å². The summed E-state index contributed by atoms with van der Waals surface area (Å²) >= 11 is 0. The second-order valence-electron chi connectivity index (χ2n) is 7.53. The smallest absolute Gasteiger partial charge is 0.317 e. The van der Waals surface area contributed by atoms with Crippen LogP contribution in [-0.4, -0.2) is 50.4 Å². The van der Waals surface area contributed by atoms with Crippen LogP contribution >= 0.6 is 0 Å². The van der Waals surface area contributed by atoms with E-state index in [4.69, 9.17) is 9.47 Å². The van der Waals surface area contributed by atoms with Crippen molar-refractivity contribution in [3.8, 4) is 5.75 Å². The molecule has 2 atom stereocenters. The Morgan fingerprint density at radius 1 is 1.21 bits per heavy atom. The van der Waals surface area contributed by atoms with E-state index < -0.39 is 0 Å². The van der Waals surface area contributed by atoms with Crippen LogP contribution in [0.1, 0.15) is 26.3 Å². The van der Waals surface area contributed by atoms with Crippen LogP contribution in [0.3, 0.4) is 0 Å². The van der Waals surface area contributed by atoms with E-state index in [1.165, 1.54) is 5.56 Å². The van der Waals surface area contributed by atoms with Gasteiger partial charge >= 0.3 is 6.03 Å². The molecule has 2 heterocycles. The van der Waals surface area contributed by atoms with Crippen molar-refractivity contribution >= 4 is 6.03 Å². The predicted octanol–water partition coefficient (Wildman–Crippen LogP) is 2.70. The predicted molar refractivity (Wildman–Crippen MR) is 93.3 cm³/mol. The molecule has 0 unspecified atom stereocenters. The average molecular weight is 332 g/mol. The van der Waals surface area contributed by atoms with Gasteiger partial charge < -0.3 is 19.7 Å². The van der Waals surface area contributed by atoms with E-state index >= 15 is 0 Å². The molecule has 1 N–H and O–H groups in total. The molecule has 5 heteroatoms. The van der Waals surface area contributed by atoms with Gasteiger partial charge in [-0.05, 0) is 31.0 Å². The lowest BCUT2D eigenvalue weighted by molar-refractivity contribution is 0.133. The fourth-order valence-corrected chi connectivity index (χ4v) is 3.71. The molecule has 0 saturated carbocycles. The minimum absolute atomic E-state index is 0.0396. The van der Waals surface area contributed by atoms with Gasteiger partial charge in [-0.1, -0.05) is 26.0 Å². The molecule has 24 heavy (non-hydrogen) atoms. The van der Waals surface area contributed by atoms with Crippen molar-refractivity contribution in [2.75, 3.05) is 39.5 Å². The summed E-state index contributed by atoms with van der Waals surface area (Å²) in [6.07, 6.45) is 0.823. The molecule has 1 aromatic rings. The van der Waals surface area contributed by atoms with Gasteiger partial charge in [-0.25, -0.2) is 4.79 Å². The topological polar surface area (TPSA) is 50.8 Å². The zero-order valence-corrected chi connectivity index (χ0v) is 14.9. The lowest BCUT2D eigenvalue weighted by atomic mass is 9.71. The Labute approximate surface area is 144 Å². The Kier molecular flexibility index (Phi) is 4.72. The number of benzene rings is 1. The summed E-state index contributed by atoms with van der Waals surface area (Å²) in [7, 11) is 0. The molecule has 0 radical (unpaired) electrons. The number of amides is 2. The van der Waals surface area contributed by atoms with Crippen LogP contribution < -0.4 is 10.1 Å². The van der Waals surface area contributed by atoms with E-state index in [1.54, 1.807) is 0 Å². The molecule has 1 aromatic carbocycles. The van der Waals surface area contributed by atoms with Gasteiger partial charge in [-0.2, -0.15) is 0 Å². The third kappa shape index (κ3) is 3.22. The summed E-state index contributed by atoms with van der Waals surface area (Å²) < 4.78 is 11.1. The average Bonchev–Trinajstić information content (AvgIpc) is 2.97. The first-order chi connectivity index (χ1) is 11.5. The SMILES string of the molecule is CCOc1ccc(CCNC(=O)N2C[C@]3(C)COC[C@]3(C)C2)cc1. The van der Waals surface area contributed by atoms with Gasteiger partial charge in [0.2, 0.25) is 0 Å². The third-order valence-electron chi connectivity index (χ3n) is 5.59. The first kappa shape index (κ1) is 17.1. The van der Waals surface area contributed by atoms with Crippen molar-refractivity contribution in [1.82, 2.24) is 10.2 Å². The highest BCUT2D eigenvalue weighted by Crippen LogP contribution is 2.50. The second kappa shape index (κ2) is 6.63. The summed E-state index contributed by atoms with van der Waals surface area (Å²) in [5.74, 6) is 0.887. The molecule has 0 aliphatic carbocycles. The van der Waals surface area contributed by atoms with Crippen LogP contribution in [-0.2, 0) is 11.2 Å². The minimum Gasteiger partial charge on any atom is -0.494 e. The number of nitrogens with zero attached hydrogens (tertiary/aromatic N) is 1. The largest absolute Gasteiger partial charge is 0.494 e.